The molecule has 2 aromatic heterocycles. The highest BCUT2D eigenvalue weighted by Crippen LogP contribution is 2.32. The zero-order valence-corrected chi connectivity index (χ0v) is 16.5. The number of carbonyl (C=O) groups excluding carboxylic acids is 1. The number of hydrogen-bond donors (Lipinski definition) is 3. The van der Waals surface area contributed by atoms with E-state index < -0.39 is 12.0 Å². The number of halogens is 4. The SMILES string of the molecule is O=C(Nc1cnc(N2CCC(F)(F)CC2)c(Cl)n1)Nc1c[nH]c2ccc(Cl)cc12. The molecular weight excluding hydrogens is 425 g/mol. The van der Waals surface area contributed by atoms with E-state index in [0.717, 1.165) is 10.9 Å². The lowest BCUT2D eigenvalue weighted by molar-refractivity contribution is -0.0221. The van der Waals surface area contributed by atoms with Crippen molar-refractivity contribution in [2.75, 3.05) is 28.6 Å². The molecule has 1 fully saturated rings. The van der Waals surface area contributed by atoms with E-state index in [1.165, 1.54) is 6.20 Å². The summed E-state index contributed by atoms with van der Waals surface area (Å²) < 4.78 is 26.6. The minimum atomic E-state index is -2.66. The minimum absolute atomic E-state index is 0.0342. The van der Waals surface area contributed by atoms with Gasteiger partial charge in [0.15, 0.2) is 16.8 Å². The first-order valence-corrected chi connectivity index (χ1v) is 9.56. The number of fused-ring (bicyclic) bond motifs is 1. The van der Waals surface area contributed by atoms with Gasteiger partial charge in [0.25, 0.3) is 5.92 Å². The van der Waals surface area contributed by atoms with E-state index in [1.807, 2.05) is 0 Å². The number of rotatable bonds is 3. The lowest BCUT2D eigenvalue weighted by Gasteiger charge is -2.32. The predicted molar refractivity (Wildman–Crippen MR) is 109 cm³/mol. The number of benzene rings is 1. The first-order chi connectivity index (χ1) is 13.8. The molecule has 3 aromatic rings. The Hall–Kier alpha value is -2.65. The molecule has 1 saturated heterocycles. The summed E-state index contributed by atoms with van der Waals surface area (Å²) in [7, 11) is 0. The van der Waals surface area contributed by atoms with Gasteiger partial charge < -0.3 is 15.2 Å². The number of aromatic nitrogens is 3. The fraction of sp³-hybridized carbons (Fsp3) is 0.278. The number of nitrogens with zero attached hydrogens (tertiary/aromatic N) is 3. The fourth-order valence-electron chi connectivity index (χ4n) is 3.14. The summed E-state index contributed by atoms with van der Waals surface area (Å²) in [6.45, 7) is 0.273. The Morgan fingerprint density at radius 2 is 1.97 bits per heavy atom. The van der Waals surface area contributed by atoms with Crippen LogP contribution in [0.2, 0.25) is 10.2 Å². The molecule has 3 N–H and O–H groups in total. The summed E-state index contributed by atoms with van der Waals surface area (Å²) in [6, 6.07) is 4.74. The Morgan fingerprint density at radius 1 is 1.21 bits per heavy atom. The number of anilines is 3. The molecule has 2 amide bonds. The van der Waals surface area contributed by atoms with Gasteiger partial charge in [-0.05, 0) is 18.2 Å². The van der Waals surface area contributed by atoms with Gasteiger partial charge in [0.1, 0.15) is 0 Å². The zero-order valence-electron chi connectivity index (χ0n) is 15.0. The van der Waals surface area contributed by atoms with Crippen LogP contribution in [0.4, 0.5) is 30.9 Å². The highest BCUT2D eigenvalue weighted by Gasteiger charge is 2.35. The Morgan fingerprint density at radius 3 is 2.69 bits per heavy atom. The van der Waals surface area contributed by atoms with E-state index in [4.69, 9.17) is 23.2 Å². The Labute approximate surface area is 174 Å². The Bertz CT molecular complexity index is 1060. The number of nitrogens with one attached hydrogen (secondary N) is 3. The fourth-order valence-corrected chi connectivity index (χ4v) is 3.58. The van der Waals surface area contributed by atoms with Crippen molar-refractivity contribution in [2.45, 2.75) is 18.8 Å². The van der Waals surface area contributed by atoms with Gasteiger partial charge in [0, 0.05) is 48.1 Å². The van der Waals surface area contributed by atoms with Gasteiger partial charge in [0.2, 0.25) is 0 Å². The van der Waals surface area contributed by atoms with E-state index in [1.54, 1.807) is 29.3 Å². The van der Waals surface area contributed by atoms with Gasteiger partial charge in [0.05, 0.1) is 11.9 Å². The summed E-state index contributed by atoms with van der Waals surface area (Å²) in [6.07, 6.45) is 2.46. The second-order valence-corrected chi connectivity index (χ2v) is 7.48. The first kappa shape index (κ1) is 19.7. The molecule has 152 valence electrons. The molecule has 1 aliphatic rings. The molecule has 0 aliphatic carbocycles. The molecule has 0 unspecified atom stereocenters. The molecule has 0 radical (unpaired) electrons. The van der Waals surface area contributed by atoms with Crippen LogP contribution in [0.1, 0.15) is 12.8 Å². The van der Waals surface area contributed by atoms with E-state index in [2.05, 4.69) is 25.6 Å². The third-order valence-electron chi connectivity index (χ3n) is 4.64. The molecule has 11 heteroatoms. The van der Waals surface area contributed by atoms with Crippen molar-refractivity contribution in [1.29, 1.82) is 0 Å². The molecule has 0 bridgehead atoms. The number of urea groups is 1. The van der Waals surface area contributed by atoms with Crippen LogP contribution in [0.15, 0.2) is 30.6 Å². The maximum absolute atomic E-state index is 13.3. The molecule has 0 saturated carbocycles. The third-order valence-corrected chi connectivity index (χ3v) is 5.13. The van der Waals surface area contributed by atoms with Crippen LogP contribution in [-0.2, 0) is 0 Å². The second kappa shape index (κ2) is 7.64. The summed E-state index contributed by atoms with van der Waals surface area (Å²) in [5.74, 6) is -2.21. The highest BCUT2D eigenvalue weighted by molar-refractivity contribution is 6.32. The van der Waals surface area contributed by atoms with E-state index in [0.29, 0.717) is 16.5 Å². The van der Waals surface area contributed by atoms with Crippen LogP contribution in [0.25, 0.3) is 10.9 Å². The quantitative estimate of drug-likeness (QED) is 0.525. The van der Waals surface area contributed by atoms with Crippen molar-refractivity contribution in [3.63, 3.8) is 0 Å². The van der Waals surface area contributed by atoms with Crippen molar-refractivity contribution in [1.82, 2.24) is 15.0 Å². The van der Waals surface area contributed by atoms with Crippen LogP contribution in [0.5, 0.6) is 0 Å². The van der Waals surface area contributed by atoms with Crippen molar-refractivity contribution < 1.29 is 13.6 Å². The maximum atomic E-state index is 13.3. The standard InChI is InChI=1S/C18H16Cl2F2N6O/c19-10-1-2-12-11(7-10)13(8-23-12)25-17(29)27-14-9-24-16(15(20)26-14)28-5-3-18(21,22)4-6-28/h1-2,7-9,23H,3-6H2,(H2,25,26,27,29). The van der Waals surface area contributed by atoms with Gasteiger partial charge in [-0.3, -0.25) is 5.32 Å². The van der Waals surface area contributed by atoms with E-state index in [9.17, 15) is 13.6 Å². The molecule has 1 aromatic carbocycles. The van der Waals surface area contributed by atoms with Crippen molar-refractivity contribution in [3.8, 4) is 0 Å². The van der Waals surface area contributed by atoms with Crippen LogP contribution in [0.3, 0.4) is 0 Å². The summed E-state index contributed by atoms with van der Waals surface area (Å²) in [4.78, 5) is 25.3. The van der Waals surface area contributed by atoms with Crippen molar-refractivity contribution in [2.24, 2.45) is 0 Å². The minimum Gasteiger partial charge on any atom is -0.359 e. The maximum Gasteiger partial charge on any atom is 0.324 e. The molecule has 1 aliphatic heterocycles. The number of aromatic amines is 1. The molecule has 3 heterocycles. The predicted octanol–water partition coefficient (Wildman–Crippen LogP) is 5.14. The molecule has 0 spiro atoms. The number of H-pyrrole nitrogens is 1. The number of hydrogen-bond acceptors (Lipinski definition) is 4. The molecule has 0 atom stereocenters. The third kappa shape index (κ3) is 4.35. The van der Waals surface area contributed by atoms with Crippen molar-refractivity contribution in [3.05, 3.63) is 40.8 Å². The Kier molecular flexibility index (Phi) is 5.18. The molecule has 7 nitrogen and oxygen atoms in total. The first-order valence-electron chi connectivity index (χ1n) is 8.81. The van der Waals surface area contributed by atoms with Crippen LogP contribution in [0, 0.1) is 0 Å². The lowest BCUT2D eigenvalue weighted by atomic mass is 10.1. The normalized spacial score (nSPS) is 16.1. The van der Waals surface area contributed by atoms with Gasteiger partial charge in [-0.2, -0.15) is 0 Å². The highest BCUT2D eigenvalue weighted by atomic mass is 35.5. The summed E-state index contributed by atoms with van der Waals surface area (Å²) >= 11 is 12.2. The number of piperidine rings is 1. The van der Waals surface area contributed by atoms with Crippen molar-refractivity contribution >= 4 is 57.5 Å². The van der Waals surface area contributed by atoms with Gasteiger partial charge in [-0.1, -0.05) is 23.2 Å². The van der Waals surface area contributed by atoms with E-state index in [-0.39, 0.29) is 36.9 Å². The topological polar surface area (TPSA) is 85.9 Å². The lowest BCUT2D eigenvalue weighted by Crippen LogP contribution is -2.40. The second-order valence-electron chi connectivity index (χ2n) is 6.68. The van der Waals surface area contributed by atoms with Crippen LogP contribution >= 0.6 is 23.2 Å². The van der Waals surface area contributed by atoms with E-state index >= 15 is 0 Å². The van der Waals surface area contributed by atoms with Gasteiger partial charge in [-0.25, -0.2) is 23.5 Å². The average Bonchev–Trinajstić information content (AvgIpc) is 3.04. The molecule has 4 rings (SSSR count). The average molecular weight is 441 g/mol. The summed E-state index contributed by atoms with van der Waals surface area (Å²) in [5, 5.41) is 6.59. The van der Waals surface area contributed by atoms with Crippen LogP contribution < -0.4 is 15.5 Å². The van der Waals surface area contributed by atoms with Gasteiger partial charge in [-0.15, -0.1) is 0 Å². The number of carbonyl (C=O) groups is 1. The largest absolute Gasteiger partial charge is 0.359 e. The monoisotopic (exact) mass is 440 g/mol. The van der Waals surface area contributed by atoms with Gasteiger partial charge >= 0.3 is 6.03 Å². The smallest absolute Gasteiger partial charge is 0.324 e. The molecule has 29 heavy (non-hydrogen) atoms. The van der Waals surface area contributed by atoms with Crippen LogP contribution in [-0.4, -0.2) is 40.0 Å². The number of amides is 2. The molecular formula is C18H16Cl2F2N6O. The Balaban J connectivity index is 1.43. The zero-order chi connectivity index (χ0) is 20.6. The number of alkyl halides is 2. The summed E-state index contributed by atoms with van der Waals surface area (Å²) in [5.41, 5.74) is 1.37.